The number of rotatable bonds is 8. The summed E-state index contributed by atoms with van der Waals surface area (Å²) in [5, 5.41) is 3.46. The molecule has 1 N–H and O–H groups in total. The second-order valence-electron chi connectivity index (χ2n) is 8.04. The van der Waals surface area contributed by atoms with Gasteiger partial charge in [-0.05, 0) is 48.5 Å². The Hall–Kier alpha value is -3.98. The molecular weight excluding hydrogens is 484 g/mol. The molecule has 1 fully saturated rings. The lowest BCUT2D eigenvalue weighted by Crippen LogP contribution is -2.50. The Morgan fingerprint density at radius 3 is 2.31 bits per heavy atom. The fourth-order valence-corrected chi connectivity index (χ4v) is 3.91. The average molecular weight is 511 g/mol. The molecule has 36 heavy (non-hydrogen) atoms. The van der Waals surface area contributed by atoms with Crippen LogP contribution in [-0.2, 0) is 4.79 Å². The number of carbonyl (C=O) groups is 2. The van der Waals surface area contributed by atoms with E-state index in [1.165, 1.54) is 7.11 Å². The minimum Gasteiger partial charge on any atom is -0.497 e. The van der Waals surface area contributed by atoms with Crippen molar-refractivity contribution in [2.24, 2.45) is 0 Å². The number of ether oxygens (including phenoxy) is 3. The summed E-state index contributed by atoms with van der Waals surface area (Å²) in [6.45, 7) is 2.41. The van der Waals surface area contributed by atoms with E-state index in [1.807, 2.05) is 6.07 Å². The molecule has 1 aromatic heterocycles. The molecule has 10 heteroatoms. The van der Waals surface area contributed by atoms with Gasteiger partial charge in [-0.3, -0.25) is 9.59 Å². The molecule has 0 spiro atoms. The maximum Gasteiger partial charge on any atom is 0.260 e. The van der Waals surface area contributed by atoms with Crippen LogP contribution in [0.25, 0.3) is 0 Å². The van der Waals surface area contributed by atoms with Crippen LogP contribution in [-0.4, -0.2) is 68.7 Å². The maximum atomic E-state index is 12.7. The van der Waals surface area contributed by atoms with E-state index in [0.29, 0.717) is 59.7 Å². The van der Waals surface area contributed by atoms with E-state index in [-0.39, 0.29) is 18.4 Å². The van der Waals surface area contributed by atoms with Crippen molar-refractivity contribution in [1.82, 2.24) is 9.88 Å². The first-order chi connectivity index (χ1) is 17.5. The highest BCUT2D eigenvalue weighted by molar-refractivity contribution is 6.30. The molecule has 0 radical (unpaired) electrons. The van der Waals surface area contributed by atoms with Gasteiger partial charge in [0.15, 0.2) is 6.61 Å². The molecule has 1 aliphatic heterocycles. The number of anilines is 2. The number of amides is 2. The van der Waals surface area contributed by atoms with E-state index in [2.05, 4.69) is 15.2 Å². The molecule has 9 nitrogen and oxygen atoms in total. The van der Waals surface area contributed by atoms with Crippen LogP contribution in [0.5, 0.6) is 17.2 Å². The van der Waals surface area contributed by atoms with E-state index in [0.717, 1.165) is 5.82 Å². The number of pyridine rings is 1. The van der Waals surface area contributed by atoms with Crippen LogP contribution in [0.15, 0.2) is 60.8 Å². The number of nitrogens with one attached hydrogen (secondary N) is 1. The number of piperazine rings is 1. The Balaban J connectivity index is 1.28. The molecule has 2 heterocycles. The highest BCUT2D eigenvalue weighted by Gasteiger charge is 2.22. The van der Waals surface area contributed by atoms with Gasteiger partial charge in [-0.2, -0.15) is 0 Å². The molecule has 2 aromatic carbocycles. The van der Waals surface area contributed by atoms with Gasteiger partial charge in [-0.15, -0.1) is 0 Å². The maximum absolute atomic E-state index is 12.7. The quantitative estimate of drug-likeness (QED) is 0.493. The summed E-state index contributed by atoms with van der Waals surface area (Å²) in [5.41, 5.74) is 0.956. The summed E-state index contributed by atoms with van der Waals surface area (Å²) in [5.74, 6) is 2.03. The SMILES string of the molecule is COc1ccc(C(=O)Nc2ccc(N3CCN(C(=O)COc4ccc(Cl)cc4)CC3)nc2)c(OC)c1. The first kappa shape index (κ1) is 25.1. The summed E-state index contributed by atoms with van der Waals surface area (Å²) in [6, 6.07) is 15.6. The Morgan fingerprint density at radius 2 is 1.67 bits per heavy atom. The molecule has 0 saturated carbocycles. The van der Waals surface area contributed by atoms with E-state index >= 15 is 0 Å². The summed E-state index contributed by atoms with van der Waals surface area (Å²) in [7, 11) is 3.05. The number of aromatic nitrogens is 1. The van der Waals surface area contributed by atoms with Gasteiger partial charge in [0.2, 0.25) is 0 Å². The van der Waals surface area contributed by atoms with Gasteiger partial charge in [-0.1, -0.05) is 11.6 Å². The average Bonchev–Trinajstić information content (AvgIpc) is 2.92. The number of hydrogen-bond donors (Lipinski definition) is 1. The van der Waals surface area contributed by atoms with Gasteiger partial charge < -0.3 is 29.3 Å². The molecule has 0 aliphatic carbocycles. The summed E-state index contributed by atoms with van der Waals surface area (Å²) < 4.78 is 16.1. The lowest BCUT2D eigenvalue weighted by atomic mass is 10.1. The van der Waals surface area contributed by atoms with Gasteiger partial charge >= 0.3 is 0 Å². The predicted octanol–water partition coefficient (Wildman–Crippen LogP) is 3.73. The minimum absolute atomic E-state index is 0.0206. The van der Waals surface area contributed by atoms with E-state index in [9.17, 15) is 9.59 Å². The Bertz CT molecular complexity index is 1200. The third-order valence-corrected chi connectivity index (χ3v) is 6.04. The third kappa shape index (κ3) is 6.17. The van der Waals surface area contributed by atoms with E-state index in [4.69, 9.17) is 25.8 Å². The Kier molecular flexibility index (Phi) is 8.12. The first-order valence-corrected chi connectivity index (χ1v) is 11.7. The summed E-state index contributed by atoms with van der Waals surface area (Å²) in [4.78, 5) is 33.6. The first-order valence-electron chi connectivity index (χ1n) is 11.4. The fourth-order valence-electron chi connectivity index (χ4n) is 3.78. The lowest BCUT2D eigenvalue weighted by molar-refractivity contribution is -0.133. The van der Waals surface area contributed by atoms with Crippen molar-refractivity contribution in [2.45, 2.75) is 0 Å². The Morgan fingerprint density at radius 1 is 0.944 bits per heavy atom. The van der Waals surface area contributed by atoms with Gasteiger partial charge in [0.1, 0.15) is 23.1 Å². The van der Waals surface area contributed by atoms with Gasteiger partial charge in [-0.25, -0.2) is 4.98 Å². The van der Waals surface area contributed by atoms with Crippen LogP contribution in [0, 0.1) is 0 Å². The number of nitrogens with zero attached hydrogens (tertiary/aromatic N) is 3. The van der Waals surface area contributed by atoms with Gasteiger partial charge in [0.25, 0.3) is 11.8 Å². The fraction of sp³-hybridized carbons (Fsp3) is 0.269. The molecule has 1 saturated heterocycles. The molecule has 1 aliphatic rings. The second-order valence-corrected chi connectivity index (χ2v) is 8.47. The van der Waals surface area contributed by atoms with Crippen LogP contribution in [0.1, 0.15) is 10.4 Å². The molecule has 188 valence electrons. The lowest BCUT2D eigenvalue weighted by Gasteiger charge is -2.35. The number of benzene rings is 2. The smallest absolute Gasteiger partial charge is 0.260 e. The van der Waals surface area contributed by atoms with Crippen molar-refractivity contribution in [1.29, 1.82) is 0 Å². The normalized spacial score (nSPS) is 13.2. The zero-order valence-electron chi connectivity index (χ0n) is 20.1. The van der Waals surface area contributed by atoms with Gasteiger partial charge in [0, 0.05) is 37.3 Å². The zero-order chi connectivity index (χ0) is 25.5. The monoisotopic (exact) mass is 510 g/mol. The number of carbonyl (C=O) groups excluding carboxylic acids is 2. The van der Waals surface area contributed by atoms with Crippen molar-refractivity contribution in [3.05, 3.63) is 71.4 Å². The standard InChI is InChI=1S/C26H27ClN4O5/c1-34-21-8-9-22(23(15-21)35-2)26(33)29-19-5-10-24(28-16-19)30-11-13-31(14-12-30)25(32)17-36-20-6-3-18(27)4-7-20/h3-10,15-16H,11-14,17H2,1-2H3,(H,29,33). The summed E-state index contributed by atoms with van der Waals surface area (Å²) >= 11 is 5.87. The number of halogens is 1. The van der Waals surface area contributed by atoms with Crippen LogP contribution < -0.4 is 24.4 Å². The molecule has 3 aromatic rings. The zero-order valence-corrected chi connectivity index (χ0v) is 20.8. The number of hydrogen-bond acceptors (Lipinski definition) is 7. The van der Waals surface area contributed by atoms with Crippen molar-refractivity contribution in [2.75, 3.05) is 57.2 Å². The van der Waals surface area contributed by atoms with Crippen molar-refractivity contribution in [3.8, 4) is 17.2 Å². The minimum atomic E-state index is -0.308. The van der Waals surface area contributed by atoms with Crippen molar-refractivity contribution < 1.29 is 23.8 Å². The second kappa shape index (κ2) is 11.6. The predicted molar refractivity (Wildman–Crippen MR) is 137 cm³/mol. The molecular formula is C26H27ClN4O5. The van der Waals surface area contributed by atoms with Crippen molar-refractivity contribution in [3.63, 3.8) is 0 Å². The molecule has 0 unspecified atom stereocenters. The number of methoxy groups -OCH3 is 2. The Labute approximate surface area is 214 Å². The highest BCUT2D eigenvalue weighted by atomic mass is 35.5. The van der Waals surface area contributed by atoms with E-state index in [1.54, 1.807) is 66.7 Å². The largest absolute Gasteiger partial charge is 0.497 e. The molecule has 4 rings (SSSR count). The molecule has 0 atom stereocenters. The topological polar surface area (TPSA) is 93.2 Å². The highest BCUT2D eigenvalue weighted by Crippen LogP contribution is 2.26. The summed E-state index contributed by atoms with van der Waals surface area (Å²) in [6.07, 6.45) is 1.61. The molecule has 0 bridgehead atoms. The van der Waals surface area contributed by atoms with Crippen LogP contribution >= 0.6 is 11.6 Å². The third-order valence-electron chi connectivity index (χ3n) is 5.79. The van der Waals surface area contributed by atoms with Crippen molar-refractivity contribution >= 4 is 34.9 Å². The molecule has 2 amide bonds. The van der Waals surface area contributed by atoms with Crippen LogP contribution in [0.2, 0.25) is 5.02 Å². The van der Waals surface area contributed by atoms with E-state index < -0.39 is 0 Å². The van der Waals surface area contributed by atoms with Crippen LogP contribution in [0.3, 0.4) is 0 Å². The van der Waals surface area contributed by atoms with Gasteiger partial charge in [0.05, 0.1) is 31.7 Å². The van der Waals surface area contributed by atoms with Crippen LogP contribution in [0.4, 0.5) is 11.5 Å².